The van der Waals surface area contributed by atoms with Crippen LogP contribution in [0.1, 0.15) is 19.3 Å². The molecule has 0 amide bonds. The monoisotopic (exact) mass is 744 g/mol. The molecule has 2 aliphatic heterocycles. The van der Waals surface area contributed by atoms with Gasteiger partial charge in [-0.3, -0.25) is 0 Å². The fourth-order valence-electron chi connectivity index (χ4n) is 5.50. The summed E-state index contributed by atoms with van der Waals surface area (Å²) in [5.74, 6) is 0.235. The quantitative estimate of drug-likeness (QED) is 0.129. The molecule has 47 heavy (non-hydrogen) atoms. The fourth-order valence-corrected chi connectivity index (χ4v) is 8.82. The maximum atomic E-state index is 13.1. The van der Waals surface area contributed by atoms with Gasteiger partial charge >= 0.3 is 0 Å². The summed E-state index contributed by atoms with van der Waals surface area (Å²) in [5, 5.41) is 6.34. The minimum absolute atomic E-state index is 0.0807. The molecule has 4 N–H and O–H groups in total. The Morgan fingerprint density at radius 1 is 0.766 bits per heavy atom. The van der Waals surface area contributed by atoms with E-state index in [1.54, 1.807) is 31.3 Å². The van der Waals surface area contributed by atoms with Gasteiger partial charge in [0.05, 0.1) is 25.3 Å². The van der Waals surface area contributed by atoms with E-state index in [0.717, 1.165) is 76.4 Å². The van der Waals surface area contributed by atoms with Gasteiger partial charge in [0.25, 0.3) is 0 Å². The number of nitrogens with two attached hydrogens (primary N) is 1. The zero-order valence-corrected chi connectivity index (χ0v) is 29.2. The lowest BCUT2D eigenvalue weighted by Crippen LogP contribution is -2.27. The van der Waals surface area contributed by atoms with Crippen LogP contribution in [0.5, 0.6) is 0 Å². The molecule has 0 aliphatic carbocycles. The molecule has 0 saturated carbocycles. The molecular weight excluding hydrogens is 707 g/mol. The molecule has 1 aromatic heterocycles. The molecule has 0 bridgehead atoms. The molecule has 0 radical (unpaired) electrons. The van der Waals surface area contributed by atoms with E-state index in [1.165, 1.54) is 30.3 Å². The Balaban J connectivity index is 0.000000186. The maximum Gasteiger partial charge on any atom is 0.208 e. The van der Waals surface area contributed by atoms with Crippen LogP contribution in [-0.2, 0) is 19.7 Å². The Hall–Kier alpha value is -3.72. The average molecular weight is 746 g/mol. The van der Waals surface area contributed by atoms with Crippen molar-refractivity contribution in [1.82, 2.24) is 10.3 Å². The molecule has 2 saturated heterocycles. The Bertz CT molecular complexity index is 1900. The van der Waals surface area contributed by atoms with Crippen LogP contribution in [0, 0.1) is 5.82 Å². The fraction of sp³-hybridized carbons (Fsp3) is 0.303. The number of sulfone groups is 2. The van der Waals surface area contributed by atoms with Gasteiger partial charge in [-0.2, -0.15) is 0 Å². The van der Waals surface area contributed by atoms with Gasteiger partial charge in [-0.1, -0.05) is 0 Å². The largest absolute Gasteiger partial charge is 0.399 e. The zero-order chi connectivity index (χ0) is 33.6. The Morgan fingerprint density at radius 3 is 2.09 bits per heavy atom. The third kappa shape index (κ3) is 8.23. The Morgan fingerprint density at radius 2 is 1.40 bits per heavy atom. The van der Waals surface area contributed by atoms with Crippen LogP contribution in [0.25, 0.3) is 0 Å². The highest BCUT2D eigenvalue weighted by Gasteiger charge is 2.24. The van der Waals surface area contributed by atoms with Crippen LogP contribution in [0.4, 0.5) is 27.3 Å². The summed E-state index contributed by atoms with van der Waals surface area (Å²) in [6.07, 6.45) is 3.26. The summed E-state index contributed by atoms with van der Waals surface area (Å²) in [6.45, 7) is 5.53. The molecule has 3 heterocycles. The lowest BCUT2D eigenvalue weighted by molar-refractivity contribution is 0.593. The van der Waals surface area contributed by atoms with E-state index < -0.39 is 25.5 Å². The van der Waals surface area contributed by atoms with E-state index in [0.29, 0.717) is 21.8 Å². The standard InChI is InChI=1S/C18H22FN3O2S.C15H16BrN3O2S/c1-20-17-13-15(22-11-2-9-21-10-12-22)5-8-18(17)25(23,24)16-6-3-14(19)4-7-16;16-14-9-13(10-15(18-14)19-7-1-2-8-19)22(20,21)12-5-3-11(17)4-6-12/h3-8,13,20-21H,2,9-12H2,1H3;3-6,9-10H,1-2,7-8,17H2. The number of nitrogen functional groups attached to an aromatic ring is 1. The van der Waals surface area contributed by atoms with Crippen molar-refractivity contribution in [2.45, 2.75) is 38.8 Å². The lowest BCUT2D eigenvalue weighted by Gasteiger charge is -2.23. The Labute approximate surface area is 284 Å². The molecule has 0 spiro atoms. The molecule has 0 atom stereocenters. The van der Waals surface area contributed by atoms with Gasteiger partial charge in [0, 0.05) is 51.1 Å². The molecule has 0 unspecified atom stereocenters. The summed E-state index contributed by atoms with van der Waals surface area (Å²) in [4.78, 5) is 9.48. The van der Waals surface area contributed by atoms with Crippen LogP contribution in [0.2, 0.25) is 0 Å². The summed E-state index contributed by atoms with van der Waals surface area (Å²) in [6, 6.07) is 19.6. The molecule has 250 valence electrons. The first kappa shape index (κ1) is 34.6. The summed E-state index contributed by atoms with van der Waals surface area (Å²) >= 11 is 3.31. The van der Waals surface area contributed by atoms with Crippen molar-refractivity contribution in [2.24, 2.45) is 0 Å². The van der Waals surface area contributed by atoms with E-state index in [-0.39, 0.29) is 19.6 Å². The summed E-state index contributed by atoms with van der Waals surface area (Å²) in [7, 11) is -5.59. The van der Waals surface area contributed by atoms with Gasteiger partial charge in [-0.25, -0.2) is 26.2 Å². The number of halogens is 2. The van der Waals surface area contributed by atoms with Gasteiger partial charge in [0.2, 0.25) is 19.7 Å². The zero-order valence-electron chi connectivity index (χ0n) is 26.0. The number of anilines is 4. The number of hydrogen-bond acceptors (Lipinski definition) is 10. The van der Waals surface area contributed by atoms with Crippen molar-refractivity contribution in [3.05, 3.63) is 89.3 Å². The van der Waals surface area contributed by atoms with E-state index in [4.69, 9.17) is 5.73 Å². The van der Waals surface area contributed by atoms with Crippen LogP contribution in [0.3, 0.4) is 0 Å². The molecule has 2 fully saturated rings. The highest BCUT2D eigenvalue weighted by Crippen LogP contribution is 2.32. The molecule has 4 aromatic rings. The number of rotatable bonds is 7. The van der Waals surface area contributed by atoms with E-state index in [9.17, 15) is 21.2 Å². The van der Waals surface area contributed by atoms with Gasteiger partial charge in [0.15, 0.2) is 0 Å². The minimum Gasteiger partial charge on any atom is -0.399 e. The molecular formula is C33H38BrFN6O4S2. The van der Waals surface area contributed by atoms with E-state index in [2.05, 4.69) is 41.3 Å². The van der Waals surface area contributed by atoms with E-state index >= 15 is 0 Å². The van der Waals surface area contributed by atoms with Gasteiger partial charge in [-0.15, -0.1) is 0 Å². The van der Waals surface area contributed by atoms with Crippen molar-refractivity contribution < 1.29 is 21.2 Å². The van der Waals surface area contributed by atoms with Gasteiger partial charge in [0.1, 0.15) is 16.2 Å². The van der Waals surface area contributed by atoms with Crippen molar-refractivity contribution in [3.63, 3.8) is 0 Å². The van der Waals surface area contributed by atoms with E-state index in [1.807, 2.05) is 12.1 Å². The second-order valence-corrected chi connectivity index (χ2v) is 15.9. The highest BCUT2D eigenvalue weighted by atomic mass is 79.9. The van der Waals surface area contributed by atoms with Crippen LogP contribution in [-0.4, -0.2) is 68.1 Å². The number of pyridine rings is 1. The maximum absolute atomic E-state index is 13.1. The van der Waals surface area contributed by atoms with Crippen LogP contribution < -0.4 is 26.2 Å². The van der Waals surface area contributed by atoms with Crippen molar-refractivity contribution in [2.75, 3.05) is 67.2 Å². The normalized spacial score (nSPS) is 15.5. The topological polar surface area (TPSA) is 138 Å². The first-order valence-corrected chi connectivity index (χ1v) is 19.1. The molecule has 6 rings (SSSR count). The van der Waals surface area contributed by atoms with Crippen molar-refractivity contribution in [1.29, 1.82) is 0 Å². The number of nitrogens with one attached hydrogen (secondary N) is 2. The highest BCUT2D eigenvalue weighted by molar-refractivity contribution is 9.10. The summed E-state index contributed by atoms with van der Waals surface area (Å²) < 4.78 is 64.9. The third-order valence-corrected chi connectivity index (χ3v) is 12.0. The molecule has 2 aliphatic rings. The lowest BCUT2D eigenvalue weighted by atomic mass is 10.2. The minimum atomic E-state index is -3.71. The smallest absolute Gasteiger partial charge is 0.208 e. The SMILES string of the molecule is CNc1cc(N2CCCNCC2)ccc1S(=O)(=O)c1ccc(F)cc1.Nc1ccc(S(=O)(=O)c2cc(Br)nc(N3CCCC3)c2)cc1. The third-order valence-electron chi connectivity index (χ3n) is 8.04. The summed E-state index contributed by atoms with van der Waals surface area (Å²) in [5.41, 5.74) is 7.69. The number of benzene rings is 3. The predicted octanol–water partition coefficient (Wildman–Crippen LogP) is 5.36. The van der Waals surface area contributed by atoms with Crippen molar-refractivity contribution >= 4 is 58.5 Å². The molecule has 14 heteroatoms. The number of nitrogens with zero attached hydrogens (tertiary/aromatic N) is 3. The number of aromatic nitrogens is 1. The first-order chi connectivity index (χ1) is 22.5. The van der Waals surface area contributed by atoms with Crippen LogP contribution in [0.15, 0.2) is 103 Å². The van der Waals surface area contributed by atoms with Gasteiger partial charge in [-0.05, 0) is 121 Å². The number of hydrogen-bond donors (Lipinski definition) is 3. The first-order valence-electron chi connectivity index (χ1n) is 15.3. The molecule has 10 nitrogen and oxygen atoms in total. The average Bonchev–Trinajstić information content (AvgIpc) is 3.47. The molecule has 3 aromatic carbocycles. The second-order valence-electron chi connectivity index (χ2n) is 11.2. The second kappa shape index (κ2) is 15.0. The van der Waals surface area contributed by atoms with Gasteiger partial charge < -0.3 is 26.2 Å². The van der Waals surface area contributed by atoms with Crippen molar-refractivity contribution in [3.8, 4) is 0 Å². The van der Waals surface area contributed by atoms with Crippen LogP contribution >= 0.6 is 15.9 Å². The predicted molar refractivity (Wildman–Crippen MR) is 187 cm³/mol. The Kier molecular flexibility index (Phi) is 11.1.